The molecule has 1 fully saturated rings. The number of aromatic hydroxyl groups is 1. The van der Waals surface area contributed by atoms with Crippen LogP contribution in [0.25, 0.3) is 0 Å². The van der Waals surface area contributed by atoms with Crippen LogP contribution in [0.3, 0.4) is 0 Å². The van der Waals surface area contributed by atoms with Crippen molar-refractivity contribution >= 4 is 11.6 Å². The van der Waals surface area contributed by atoms with Crippen molar-refractivity contribution in [2.45, 2.75) is 57.5 Å². The smallest absolute Gasteiger partial charge is 0.138 e. The highest BCUT2D eigenvalue weighted by atomic mass is 35.5. The van der Waals surface area contributed by atoms with Crippen LogP contribution in [0.15, 0.2) is 18.2 Å². The Morgan fingerprint density at radius 2 is 1.78 bits per heavy atom. The zero-order valence-corrected chi connectivity index (χ0v) is 11.5. The Morgan fingerprint density at radius 3 is 2.50 bits per heavy atom. The van der Waals surface area contributed by atoms with E-state index >= 15 is 0 Å². The van der Waals surface area contributed by atoms with E-state index in [1.165, 1.54) is 44.9 Å². The van der Waals surface area contributed by atoms with Crippen LogP contribution in [0.5, 0.6) is 5.75 Å². The minimum Gasteiger partial charge on any atom is -0.506 e. The van der Waals surface area contributed by atoms with Crippen LogP contribution in [0.4, 0.5) is 0 Å². The third-order valence-electron chi connectivity index (χ3n) is 3.76. The predicted octanol–water partition coefficient (Wildman–Crippen LogP) is 4.25. The number of nitrogens with one attached hydrogen (secondary N) is 1. The first-order valence-electron chi connectivity index (χ1n) is 6.97. The van der Waals surface area contributed by atoms with E-state index in [0.717, 1.165) is 5.56 Å². The summed E-state index contributed by atoms with van der Waals surface area (Å²) < 4.78 is 0. The lowest BCUT2D eigenvalue weighted by atomic mass is 9.96. The van der Waals surface area contributed by atoms with Crippen LogP contribution in [0.2, 0.25) is 5.02 Å². The van der Waals surface area contributed by atoms with Gasteiger partial charge in [0.05, 0.1) is 5.02 Å². The van der Waals surface area contributed by atoms with Crippen LogP contribution < -0.4 is 5.32 Å². The van der Waals surface area contributed by atoms with Crippen LogP contribution in [0.1, 0.15) is 50.5 Å². The largest absolute Gasteiger partial charge is 0.506 e. The van der Waals surface area contributed by atoms with Gasteiger partial charge < -0.3 is 10.4 Å². The summed E-state index contributed by atoms with van der Waals surface area (Å²) in [6.07, 6.45) is 9.25. The third-order valence-corrected chi connectivity index (χ3v) is 4.06. The molecule has 0 bridgehead atoms. The number of rotatable bonds is 3. The number of para-hydroxylation sites is 1. The van der Waals surface area contributed by atoms with Gasteiger partial charge in [-0.2, -0.15) is 0 Å². The van der Waals surface area contributed by atoms with E-state index in [0.29, 0.717) is 17.6 Å². The van der Waals surface area contributed by atoms with E-state index < -0.39 is 0 Å². The van der Waals surface area contributed by atoms with Crippen molar-refractivity contribution < 1.29 is 5.11 Å². The Morgan fingerprint density at radius 1 is 1.11 bits per heavy atom. The number of halogens is 1. The molecule has 0 amide bonds. The van der Waals surface area contributed by atoms with E-state index in [-0.39, 0.29) is 5.75 Å². The molecular weight excluding hydrogens is 246 g/mol. The monoisotopic (exact) mass is 267 g/mol. The fourth-order valence-electron chi connectivity index (χ4n) is 2.62. The van der Waals surface area contributed by atoms with Gasteiger partial charge in [0.2, 0.25) is 0 Å². The van der Waals surface area contributed by atoms with E-state index in [9.17, 15) is 5.11 Å². The highest BCUT2D eigenvalue weighted by molar-refractivity contribution is 6.32. The Balaban J connectivity index is 1.87. The van der Waals surface area contributed by atoms with Crippen LogP contribution in [-0.4, -0.2) is 11.1 Å². The molecule has 0 saturated heterocycles. The summed E-state index contributed by atoms with van der Waals surface area (Å²) >= 11 is 5.91. The maximum atomic E-state index is 9.86. The molecule has 0 unspecified atom stereocenters. The first kappa shape index (κ1) is 13.7. The van der Waals surface area contributed by atoms with Crippen LogP contribution >= 0.6 is 11.6 Å². The Bertz CT molecular complexity index is 373. The molecule has 0 heterocycles. The molecule has 1 aliphatic carbocycles. The van der Waals surface area contributed by atoms with E-state index in [1.54, 1.807) is 6.07 Å². The average Bonchev–Trinajstić information content (AvgIpc) is 2.32. The Kier molecular flexibility index (Phi) is 5.33. The van der Waals surface area contributed by atoms with Crippen molar-refractivity contribution in [1.82, 2.24) is 5.32 Å². The first-order chi connectivity index (χ1) is 8.77. The van der Waals surface area contributed by atoms with Crippen molar-refractivity contribution in [3.8, 4) is 5.75 Å². The highest BCUT2D eigenvalue weighted by Crippen LogP contribution is 2.27. The molecule has 2 nitrogen and oxygen atoms in total. The molecule has 18 heavy (non-hydrogen) atoms. The lowest BCUT2D eigenvalue weighted by Crippen LogP contribution is -2.29. The summed E-state index contributed by atoms with van der Waals surface area (Å²) in [6.45, 7) is 0.705. The number of phenolic OH excluding ortho intramolecular Hbond substituents is 1. The summed E-state index contributed by atoms with van der Waals surface area (Å²) in [7, 11) is 0. The Labute approximate surface area is 114 Å². The van der Waals surface area contributed by atoms with Gasteiger partial charge in [0.15, 0.2) is 0 Å². The van der Waals surface area contributed by atoms with Gasteiger partial charge >= 0.3 is 0 Å². The molecule has 1 aromatic carbocycles. The average molecular weight is 268 g/mol. The summed E-state index contributed by atoms with van der Waals surface area (Å²) in [6, 6.07) is 6.12. The van der Waals surface area contributed by atoms with Gasteiger partial charge in [-0.05, 0) is 18.9 Å². The molecule has 0 radical (unpaired) electrons. The molecule has 1 saturated carbocycles. The van der Waals surface area contributed by atoms with Gasteiger partial charge in [0.25, 0.3) is 0 Å². The highest BCUT2D eigenvalue weighted by Gasteiger charge is 2.12. The van der Waals surface area contributed by atoms with Crippen molar-refractivity contribution in [1.29, 1.82) is 0 Å². The van der Waals surface area contributed by atoms with Crippen molar-refractivity contribution in [3.63, 3.8) is 0 Å². The van der Waals surface area contributed by atoms with Crippen LogP contribution in [-0.2, 0) is 6.54 Å². The van der Waals surface area contributed by atoms with Crippen LogP contribution in [0, 0.1) is 0 Å². The fraction of sp³-hybridized carbons (Fsp3) is 0.600. The van der Waals surface area contributed by atoms with Crippen molar-refractivity contribution in [2.24, 2.45) is 0 Å². The molecule has 0 spiro atoms. The SMILES string of the molecule is Oc1c(Cl)cccc1CNC1CCCCCCC1. The summed E-state index contributed by atoms with van der Waals surface area (Å²) in [5, 5.41) is 13.8. The second-order valence-electron chi connectivity index (χ2n) is 5.17. The van der Waals surface area contributed by atoms with E-state index in [2.05, 4.69) is 5.32 Å². The maximum Gasteiger partial charge on any atom is 0.138 e. The zero-order chi connectivity index (χ0) is 12.8. The zero-order valence-electron chi connectivity index (χ0n) is 10.8. The minimum absolute atomic E-state index is 0.220. The van der Waals surface area contributed by atoms with Gasteiger partial charge in [-0.25, -0.2) is 0 Å². The predicted molar refractivity (Wildman–Crippen MR) is 76.1 cm³/mol. The van der Waals surface area contributed by atoms with Gasteiger partial charge in [0.1, 0.15) is 5.75 Å². The van der Waals surface area contributed by atoms with Gasteiger partial charge in [0, 0.05) is 18.2 Å². The topological polar surface area (TPSA) is 32.3 Å². The van der Waals surface area contributed by atoms with E-state index in [4.69, 9.17) is 11.6 Å². The number of hydrogen-bond acceptors (Lipinski definition) is 2. The van der Waals surface area contributed by atoms with Gasteiger partial charge in [-0.3, -0.25) is 0 Å². The second-order valence-corrected chi connectivity index (χ2v) is 5.58. The summed E-state index contributed by atoms with van der Waals surface area (Å²) in [5.74, 6) is 0.220. The summed E-state index contributed by atoms with van der Waals surface area (Å²) in [5.41, 5.74) is 0.893. The van der Waals surface area contributed by atoms with Gasteiger partial charge in [-0.15, -0.1) is 0 Å². The number of hydrogen-bond donors (Lipinski definition) is 2. The molecule has 2 rings (SSSR count). The van der Waals surface area contributed by atoms with Crippen molar-refractivity contribution in [3.05, 3.63) is 28.8 Å². The number of phenols is 1. The molecule has 1 aliphatic rings. The molecule has 0 aliphatic heterocycles. The normalized spacial score (nSPS) is 18.3. The number of benzene rings is 1. The fourth-order valence-corrected chi connectivity index (χ4v) is 2.81. The molecule has 100 valence electrons. The van der Waals surface area contributed by atoms with Crippen molar-refractivity contribution in [2.75, 3.05) is 0 Å². The second kappa shape index (κ2) is 7.01. The molecule has 1 aromatic rings. The lowest BCUT2D eigenvalue weighted by molar-refractivity contribution is 0.384. The summed E-state index contributed by atoms with van der Waals surface area (Å²) in [4.78, 5) is 0. The van der Waals surface area contributed by atoms with E-state index in [1.807, 2.05) is 12.1 Å². The first-order valence-corrected chi connectivity index (χ1v) is 7.35. The molecule has 0 atom stereocenters. The molecule has 2 N–H and O–H groups in total. The molecule has 0 aromatic heterocycles. The minimum atomic E-state index is 0.220. The molecule has 3 heteroatoms. The third kappa shape index (κ3) is 3.89. The quantitative estimate of drug-likeness (QED) is 0.858. The standard InChI is InChI=1S/C15H22ClNO/c16-14-10-6-7-12(15(14)18)11-17-13-8-4-2-1-3-5-9-13/h6-7,10,13,17-18H,1-5,8-9,11H2. The van der Waals surface area contributed by atoms with Gasteiger partial charge in [-0.1, -0.05) is 55.8 Å². The molecular formula is C15H22ClNO. The Hall–Kier alpha value is -0.730. The maximum absolute atomic E-state index is 9.86. The lowest BCUT2D eigenvalue weighted by Gasteiger charge is -2.21.